The molecule has 0 aliphatic carbocycles. The fourth-order valence-electron chi connectivity index (χ4n) is 1.17. The Morgan fingerprint density at radius 3 is 3.00 bits per heavy atom. The second-order valence-corrected chi connectivity index (χ2v) is 5.77. The van der Waals surface area contributed by atoms with Crippen LogP contribution in [0.3, 0.4) is 0 Å². The summed E-state index contributed by atoms with van der Waals surface area (Å²) in [5.41, 5.74) is 0.505. The third kappa shape index (κ3) is 5.72. The van der Waals surface area contributed by atoms with Gasteiger partial charge in [-0.1, -0.05) is 11.8 Å². The number of rotatable bonds is 7. The van der Waals surface area contributed by atoms with Crippen LogP contribution in [0.2, 0.25) is 0 Å². The fourth-order valence-corrected chi connectivity index (χ4v) is 2.95. The first-order valence-electron chi connectivity index (χ1n) is 5.43. The van der Waals surface area contributed by atoms with E-state index in [1.807, 2.05) is 6.07 Å². The Bertz CT molecular complexity index is 496. The molecule has 1 aromatic heterocycles. The molecule has 8 heteroatoms. The first-order valence-corrected chi connectivity index (χ1v) is 7.29. The van der Waals surface area contributed by atoms with Crippen LogP contribution < -0.4 is 0 Å². The Kier molecular flexibility index (Phi) is 6.32. The van der Waals surface area contributed by atoms with Gasteiger partial charge in [-0.3, -0.25) is 9.59 Å². The Hall–Kier alpha value is -1.59. The SMILES string of the molecule is CN(CCC#N)C(=O)CSc1nc(CC(=O)O)cs1. The van der Waals surface area contributed by atoms with E-state index in [1.54, 1.807) is 12.4 Å². The Balaban J connectivity index is 2.40. The average Bonchev–Trinajstić information content (AvgIpc) is 2.79. The second kappa shape index (κ2) is 7.76. The van der Waals surface area contributed by atoms with Crippen molar-refractivity contribution in [2.24, 2.45) is 0 Å². The van der Waals surface area contributed by atoms with Crippen molar-refractivity contribution >= 4 is 35.0 Å². The van der Waals surface area contributed by atoms with Crippen molar-refractivity contribution in [3.05, 3.63) is 11.1 Å². The molecule has 19 heavy (non-hydrogen) atoms. The number of thioether (sulfide) groups is 1. The van der Waals surface area contributed by atoms with Crippen molar-refractivity contribution in [1.82, 2.24) is 9.88 Å². The summed E-state index contributed by atoms with van der Waals surface area (Å²) in [6.07, 6.45) is 0.208. The number of carboxylic acid groups (broad SMARTS) is 1. The van der Waals surface area contributed by atoms with Crippen LogP contribution in [0.25, 0.3) is 0 Å². The van der Waals surface area contributed by atoms with Gasteiger partial charge in [-0.15, -0.1) is 11.3 Å². The fraction of sp³-hybridized carbons (Fsp3) is 0.455. The predicted octanol–water partition coefficient (Wildman–Crippen LogP) is 1.23. The lowest BCUT2D eigenvalue weighted by atomic mass is 10.3. The maximum atomic E-state index is 11.7. The lowest BCUT2D eigenvalue weighted by molar-refractivity contribution is -0.136. The van der Waals surface area contributed by atoms with Gasteiger partial charge in [-0.25, -0.2) is 4.98 Å². The molecule has 0 unspecified atom stereocenters. The van der Waals surface area contributed by atoms with Crippen molar-refractivity contribution in [2.75, 3.05) is 19.3 Å². The number of carboxylic acids is 1. The van der Waals surface area contributed by atoms with E-state index in [1.165, 1.54) is 28.0 Å². The van der Waals surface area contributed by atoms with Crippen molar-refractivity contribution in [2.45, 2.75) is 17.2 Å². The van der Waals surface area contributed by atoms with Gasteiger partial charge in [0.15, 0.2) is 4.34 Å². The van der Waals surface area contributed by atoms with Gasteiger partial charge >= 0.3 is 5.97 Å². The largest absolute Gasteiger partial charge is 0.481 e. The van der Waals surface area contributed by atoms with Gasteiger partial charge in [0, 0.05) is 19.0 Å². The molecule has 1 amide bonds. The van der Waals surface area contributed by atoms with Crippen LogP contribution in [-0.2, 0) is 16.0 Å². The zero-order valence-electron chi connectivity index (χ0n) is 10.3. The monoisotopic (exact) mass is 299 g/mol. The van der Waals surface area contributed by atoms with E-state index in [9.17, 15) is 9.59 Å². The number of aliphatic carboxylic acids is 1. The van der Waals surface area contributed by atoms with Crippen LogP contribution in [-0.4, -0.2) is 46.2 Å². The van der Waals surface area contributed by atoms with E-state index in [-0.39, 0.29) is 18.1 Å². The lowest BCUT2D eigenvalue weighted by Crippen LogP contribution is -2.29. The number of nitrogens with zero attached hydrogens (tertiary/aromatic N) is 3. The van der Waals surface area contributed by atoms with Gasteiger partial charge in [0.25, 0.3) is 0 Å². The molecule has 0 fully saturated rings. The van der Waals surface area contributed by atoms with Crippen LogP contribution >= 0.6 is 23.1 Å². The average molecular weight is 299 g/mol. The van der Waals surface area contributed by atoms with Gasteiger partial charge in [0.2, 0.25) is 5.91 Å². The van der Waals surface area contributed by atoms with E-state index in [2.05, 4.69) is 4.98 Å². The molecule has 0 aromatic carbocycles. The number of hydrogen-bond acceptors (Lipinski definition) is 6. The number of carbonyl (C=O) groups excluding carboxylic acids is 1. The third-order valence-electron chi connectivity index (χ3n) is 2.17. The molecule has 0 saturated heterocycles. The molecule has 1 N–H and O–H groups in total. The summed E-state index contributed by atoms with van der Waals surface area (Å²) in [4.78, 5) is 27.8. The van der Waals surface area contributed by atoms with Gasteiger partial charge < -0.3 is 10.0 Å². The van der Waals surface area contributed by atoms with Crippen molar-refractivity contribution in [3.8, 4) is 6.07 Å². The van der Waals surface area contributed by atoms with Crippen molar-refractivity contribution in [3.63, 3.8) is 0 Å². The topological polar surface area (TPSA) is 94.3 Å². The predicted molar refractivity (Wildman–Crippen MR) is 72.0 cm³/mol. The Morgan fingerprint density at radius 1 is 1.63 bits per heavy atom. The second-order valence-electron chi connectivity index (χ2n) is 3.69. The quantitative estimate of drug-likeness (QED) is 0.761. The number of thiazole rings is 1. The van der Waals surface area contributed by atoms with Gasteiger partial charge in [-0.05, 0) is 0 Å². The minimum Gasteiger partial charge on any atom is -0.481 e. The summed E-state index contributed by atoms with van der Waals surface area (Å²) in [6.45, 7) is 0.415. The number of carbonyl (C=O) groups is 2. The van der Waals surface area contributed by atoms with Gasteiger partial charge in [0.05, 0.1) is 30.4 Å². The van der Waals surface area contributed by atoms with Crippen LogP contribution in [0.4, 0.5) is 0 Å². The first-order chi connectivity index (χ1) is 9.02. The summed E-state index contributed by atoms with van der Waals surface area (Å²) in [7, 11) is 1.65. The highest BCUT2D eigenvalue weighted by atomic mass is 32.2. The molecule has 0 aliphatic rings. The van der Waals surface area contributed by atoms with Crippen LogP contribution in [0.1, 0.15) is 12.1 Å². The lowest BCUT2D eigenvalue weighted by Gasteiger charge is -2.14. The molecule has 1 aromatic rings. The van der Waals surface area contributed by atoms with E-state index in [0.29, 0.717) is 23.0 Å². The smallest absolute Gasteiger partial charge is 0.309 e. The molecule has 0 saturated carbocycles. The highest BCUT2D eigenvalue weighted by Gasteiger charge is 2.11. The summed E-state index contributed by atoms with van der Waals surface area (Å²) < 4.78 is 0.679. The molecule has 102 valence electrons. The molecule has 0 bridgehead atoms. The minimum atomic E-state index is -0.922. The molecule has 1 rings (SSSR count). The molecule has 6 nitrogen and oxygen atoms in total. The maximum absolute atomic E-state index is 11.7. The number of nitriles is 1. The summed E-state index contributed by atoms with van der Waals surface area (Å²) in [5, 5.41) is 18.7. The number of hydrogen-bond donors (Lipinski definition) is 1. The van der Waals surface area contributed by atoms with E-state index >= 15 is 0 Å². The molecule has 0 spiro atoms. The van der Waals surface area contributed by atoms with Crippen LogP contribution in [0.5, 0.6) is 0 Å². The maximum Gasteiger partial charge on any atom is 0.309 e. The summed E-state index contributed by atoms with van der Waals surface area (Å²) >= 11 is 2.61. The molecule has 0 atom stereocenters. The minimum absolute atomic E-state index is 0.0739. The summed E-state index contributed by atoms with van der Waals surface area (Å²) in [5.74, 6) is -0.758. The standard InChI is InChI=1S/C11H13N3O3S2/c1-14(4-2-3-12)9(15)7-19-11-13-8(6-18-11)5-10(16)17/h6H,2,4-5,7H2,1H3,(H,16,17). The van der Waals surface area contributed by atoms with Crippen LogP contribution in [0, 0.1) is 11.3 Å². The summed E-state index contributed by atoms with van der Waals surface area (Å²) in [6, 6.07) is 1.98. The normalized spacial score (nSPS) is 9.89. The Morgan fingerprint density at radius 2 is 2.37 bits per heavy atom. The van der Waals surface area contributed by atoms with E-state index in [4.69, 9.17) is 10.4 Å². The van der Waals surface area contributed by atoms with Gasteiger partial charge in [0.1, 0.15) is 0 Å². The molecule has 1 heterocycles. The third-order valence-corrected chi connectivity index (χ3v) is 4.22. The van der Waals surface area contributed by atoms with Crippen molar-refractivity contribution < 1.29 is 14.7 Å². The highest BCUT2D eigenvalue weighted by molar-refractivity contribution is 8.01. The van der Waals surface area contributed by atoms with Crippen LogP contribution in [0.15, 0.2) is 9.72 Å². The zero-order chi connectivity index (χ0) is 14.3. The van der Waals surface area contributed by atoms with Gasteiger partial charge in [-0.2, -0.15) is 5.26 Å². The Labute approximate surface area is 119 Å². The van der Waals surface area contributed by atoms with Crippen molar-refractivity contribution in [1.29, 1.82) is 5.26 Å². The molecule has 0 aliphatic heterocycles. The van der Waals surface area contributed by atoms with E-state index in [0.717, 1.165) is 0 Å². The molecular formula is C11H13N3O3S2. The first kappa shape index (κ1) is 15.5. The number of aromatic nitrogens is 1. The number of amides is 1. The van der Waals surface area contributed by atoms with E-state index < -0.39 is 5.97 Å². The highest BCUT2D eigenvalue weighted by Crippen LogP contribution is 2.23. The molecular weight excluding hydrogens is 286 g/mol. The zero-order valence-corrected chi connectivity index (χ0v) is 12.0. The molecule has 0 radical (unpaired) electrons.